The van der Waals surface area contributed by atoms with Gasteiger partial charge in [0, 0.05) is 30.5 Å². The fourth-order valence-corrected chi connectivity index (χ4v) is 2.49. The molecule has 3 N–H and O–H groups in total. The van der Waals surface area contributed by atoms with Crippen LogP contribution in [-0.2, 0) is 11.3 Å². The Hall–Kier alpha value is -2.21. The van der Waals surface area contributed by atoms with Gasteiger partial charge in [-0.3, -0.25) is 4.79 Å². The van der Waals surface area contributed by atoms with Crippen molar-refractivity contribution in [2.75, 3.05) is 0 Å². The summed E-state index contributed by atoms with van der Waals surface area (Å²) in [4.78, 5) is 15.6. The lowest BCUT2D eigenvalue weighted by Crippen LogP contribution is -2.36. The molecule has 110 valence electrons. The number of rotatable bonds is 3. The molecule has 6 heteroatoms. The van der Waals surface area contributed by atoms with E-state index in [-0.39, 0.29) is 11.4 Å². The molecule has 6 nitrogen and oxygen atoms in total. The van der Waals surface area contributed by atoms with Gasteiger partial charge in [-0.1, -0.05) is 6.07 Å². The maximum absolute atomic E-state index is 11.1. The maximum Gasteiger partial charge on any atom is 0.240 e. The lowest BCUT2D eigenvalue weighted by Gasteiger charge is -2.19. The van der Waals surface area contributed by atoms with Crippen molar-refractivity contribution < 1.29 is 4.79 Å². The minimum Gasteiger partial charge on any atom is -0.329 e. The molecule has 1 amide bonds. The van der Waals surface area contributed by atoms with Crippen LogP contribution in [0.2, 0.25) is 0 Å². The quantitative estimate of drug-likeness (QED) is 0.893. The highest BCUT2D eigenvalue weighted by Gasteiger charge is 2.16. The van der Waals surface area contributed by atoms with Gasteiger partial charge in [-0.15, -0.1) is 0 Å². The molecule has 0 unspecified atom stereocenters. The van der Waals surface area contributed by atoms with Gasteiger partial charge in [-0.2, -0.15) is 5.10 Å². The van der Waals surface area contributed by atoms with Gasteiger partial charge in [0.2, 0.25) is 5.91 Å². The molecule has 0 bridgehead atoms. The molecule has 3 rings (SSSR count). The number of amides is 1. The van der Waals surface area contributed by atoms with E-state index in [2.05, 4.69) is 20.1 Å². The number of hydrazone groups is 1. The molecule has 1 aromatic carbocycles. The summed E-state index contributed by atoms with van der Waals surface area (Å²) in [5.74, 6) is -0.0331. The van der Waals surface area contributed by atoms with Crippen LogP contribution in [0, 0.1) is 0 Å². The van der Waals surface area contributed by atoms with E-state index in [4.69, 9.17) is 5.73 Å². The minimum atomic E-state index is -0.288. The van der Waals surface area contributed by atoms with Gasteiger partial charge in [-0.25, -0.2) is 10.4 Å². The lowest BCUT2D eigenvalue weighted by molar-refractivity contribution is -0.121. The highest BCUT2D eigenvalue weighted by atomic mass is 16.2. The van der Waals surface area contributed by atoms with Crippen LogP contribution in [0.1, 0.15) is 32.3 Å². The summed E-state index contributed by atoms with van der Waals surface area (Å²) < 4.78 is 2.06. The van der Waals surface area contributed by atoms with E-state index in [1.54, 1.807) is 0 Å². The number of nitrogens with zero attached hydrogens (tertiary/aromatic N) is 3. The third kappa shape index (κ3) is 2.95. The van der Waals surface area contributed by atoms with Crippen LogP contribution in [0.15, 0.2) is 29.6 Å². The molecule has 2 aromatic rings. The molecule has 0 aliphatic carbocycles. The van der Waals surface area contributed by atoms with Crippen LogP contribution in [0.5, 0.6) is 0 Å². The first-order chi connectivity index (χ1) is 9.92. The Balaban J connectivity index is 1.93. The van der Waals surface area contributed by atoms with Crippen molar-refractivity contribution in [2.45, 2.75) is 38.8 Å². The molecule has 0 radical (unpaired) electrons. The van der Waals surface area contributed by atoms with Gasteiger partial charge in [-0.05, 0) is 26.0 Å². The number of hydrogen-bond donors (Lipinski definition) is 2. The Labute approximate surface area is 123 Å². The second-order valence-electron chi connectivity index (χ2n) is 6.16. The smallest absolute Gasteiger partial charge is 0.240 e. The Morgan fingerprint density at radius 3 is 2.86 bits per heavy atom. The molecule has 1 aliphatic heterocycles. The molecular weight excluding hydrogens is 266 g/mol. The highest BCUT2D eigenvalue weighted by molar-refractivity contribution is 6.05. The van der Waals surface area contributed by atoms with E-state index in [9.17, 15) is 4.79 Å². The predicted octanol–water partition coefficient (Wildman–Crippen LogP) is 1.39. The van der Waals surface area contributed by atoms with Crippen molar-refractivity contribution in [3.63, 3.8) is 0 Å². The van der Waals surface area contributed by atoms with Crippen LogP contribution < -0.4 is 11.2 Å². The number of aromatic nitrogens is 2. The third-order valence-corrected chi connectivity index (χ3v) is 3.44. The van der Waals surface area contributed by atoms with Crippen LogP contribution in [0.4, 0.5) is 0 Å². The van der Waals surface area contributed by atoms with Crippen molar-refractivity contribution >= 4 is 22.7 Å². The van der Waals surface area contributed by atoms with Gasteiger partial charge in [0.25, 0.3) is 0 Å². The van der Waals surface area contributed by atoms with Crippen molar-refractivity contribution in [3.8, 4) is 0 Å². The number of carbonyl (C=O) groups is 1. The highest BCUT2D eigenvalue weighted by Crippen LogP contribution is 2.19. The second kappa shape index (κ2) is 4.96. The second-order valence-corrected chi connectivity index (χ2v) is 6.16. The molecule has 1 aromatic heterocycles. The van der Waals surface area contributed by atoms with E-state index in [0.29, 0.717) is 19.4 Å². The zero-order chi connectivity index (χ0) is 15.0. The molecule has 0 spiro atoms. The fraction of sp³-hybridized carbons (Fsp3) is 0.400. The first-order valence-corrected chi connectivity index (χ1v) is 7.02. The number of fused-ring (bicyclic) bond motifs is 1. The summed E-state index contributed by atoms with van der Waals surface area (Å²) >= 11 is 0. The van der Waals surface area contributed by atoms with Gasteiger partial charge in [0.05, 0.1) is 23.1 Å². The maximum atomic E-state index is 11.1. The number of carbonyl (C=O) groups excluding carboxylic acids is 1. The summed E-state index contributed by atoms with van der Waals surface area (Å²) in [7, 11) is 0. The molecule has 1 aliphatic rings. The molecule has 21 heavy (non-hydrogen) atoms. The van der Waals surface area contributed by atoms with Gasteiger partial charge >= 0.3 is 0 Å². The van der Waals surface area contributed by atoms with Crippen LogP contribution in [0.3, 0.4) is 0 Å². The summed E-state index contributed by atoms with van der Waals surface area (Å²) in [6.07, 6.45) is 2.95. The number of hydrogen-bond acceptors (Lipinski definition) is 4. The van der Waals surface area contributed by atoms with Crippen molar-refractivity contribution in [1.82, 2.24) is 15.0 Å². The number of nitrogens with one attached hydrogen (secondary N) is 1. The Morgan fingerprint density at radius 2 is 2.19 bits per heavy atom. The van der Waals surface area contributed by atoms with Gasteiger partial charge in [0.1, 0.15) is 0 Å². The van der Waals surface area contributed by atoms with Crippen LogP contribution in [0.25, 0.3) is 11.0 Å². The van der Waals surface area contributed by atoms with Crippen LogP contribution in [-0.4, -0.2) is 26.7 Å². The van der Waals surface area contributed by atoms with Crippen molar-refractivity contribution in [1.29, 1.82) is 0 Å². The molecular formula is C15H19N5O. The molecule has 0 saturated heterocycles. The Bertz CT molecular complexity index is 723. The zero-order valence-corrected chi connectivity index (χ0v) is 12.3. The molecule has 0 fully saturated rings. The van der Waals surface area contributed by atoms with Crippen LogP contribution >= 0.6 is 0 Å². The normalized spacial score (nSPS) is 16.0. The first-order valence-electron chi connectivity index (χ1n) is 7.02. The third-order valence-electron chi connectivity index (χ3n) is 3.44. The molecule has 2 heterocycles. The molecule has 0 saturated carbocycles. The Morgan fingerprint density at radius 1 is 1.38 bits per heavy atom. The zero-order valence-electron chi connectivity index (χ0n) is 12.3. The van der Waals surface area contributed by atoms with E-state index < -0.39 is 0 Å². The van der Waals surface area contributed by atoms with E-state index in [1.807, 2.05) is 38.4 Å². The van der Waals surface area contributed by atoms with Crippen molar-refractivity contribution in [2.24, 2.45) is 10.8 Å². The predicted molar refractivity (Wildman–Crippen MR) is 81.9 cm³/mol. The topological polar surface area (TPSA) is 85.3 Å². The standard InChI is InChI=1S/C15H19N5O/c1-15(2,16)8-20-9-17-12-7-10(3-5-13(12)20)11-4-6-14(21)19-18-11/h3,5,7,9H,4,6,8,16H2,1-2H3,(H,19,21). The summed E-state index contributed by atoms with van der Waals surface area (Å²) in [5.41, 5.74) is 12.2. The molecule has 0 atom stereocenters. The lowest BCUT2D eigenvalue weighted by atomic mass is 10.0. The van der Waals surface area contributed by atoms with Crippen molar-refractivity contribution in [3.05, 3.63) is 30.1 Å². The largest absolute Gasteiger partial charge is 0.329 e. The average Bonchev–Trinajstić information content (AvgIpc) is 2.80. The minimum absolute atomic E-state index is 0.0331. The number of imidazole rings is 1. The average molecular weight is 285 g/mol. The van der Waals surface area contributed by atoms with Gasteiger partial charge in [0.15, 0.2) is 0 Å². The van der Waals surface area contributed by atoms with E-state index in [1.165, 1.54) is 0 Å². The number of benzene rings is 1. The fourth-order valence-electron chi connectivity index (χ4n) is 2.49. The van der Waals surface area contributed by atoms with E-state index in [0.717, 1.165) is 22.3 Å². The monoisotopic (exact) mass is 285 g/mol. The summed E-state index contributed by atoms with van der Waals surface area (Å²) in [5, 5.41) is 4.12. The first kappa shape index (κ1) is 13.8. The number of nitrogens with two attached hydrogens (primary N) is 1. The summed E-state index contributed by atoms with van der Waals surface area (Å²) in [6.45, 7) is 4.69. The van der Waals surface area contributed by atoms with Gasteiger partial charge < -0.3 is 10.3 Å². The Kier molecular flexibility index (Phi) is 3.25. The van der Waals surface area contributed by atoms with E-state index >= 15 is 0 Å². The SMILES string of the molecule is CC(C)(N)Cn1cnc2cc(C3=NNC(=O)CC3)ccc21. The summed E-state index contributed by atoms with van der Waals surface area (Å²) in [6, 6.07) is 6.05.